The maximum atomic E-state index is 12.4. The van der Waals surface area contributed by atoms with Gasteiger partial charge in [-0.3, -0.25) is 14.9 Å². The van der Waals surface area contributed by atoms with Crippen LogP contribution in [-0.4, -0.2) is 47.0 Å². The van der Waals surface area contributed by atoms with Gasteiger partial charge in [-0.25, -0.2) is 4.98 Å². The Morgan fingerprint density at radius 2 is 2.40 bits per heavy atom. The molecule has 1 amide bonds. The Morgan fingerprint density at radius 3 is 3.05 bits per heavy atom. The number of nitro groups is 1. The molecule has 0 aliphatic carbocycles. The summed E-state index contributed by atoms with van der Waals surface area (Å²) in [4.78, 5) is 28.0. The summed E-state index contributed by atoms with van der Waals surface area (Å²) in [7, 11) is 1.59. The number of aromatic nitrogens is 1. The molecule has 1 aromatic heterocycles. The number of nitrogens with two attached hydrogens (primary N) is 1. The first-order chi connectivity index (χ1) is 9.52. The highest BCUT2D eigenvalue weighted by molar-refractivity contribution is 5.98. The lowest BCUT2D eigenvalue weighted by Gasteiger charge is -2.31. The largest absolute Gasteiger partial charge is 0.384 e. The summed E-state index contributed by atoms with van der Waals surface area (Å²) in [5, 5.41) is 11.0. The lowest BCUT2D eigenvalue weighted by Crippen LogP contribution is -2.43. The fourth-order valence-electron chi connectivity index (χ4n) is 2.27. The van der Waals surface area contributed by atoms with Gasteiger partial charge < -0.3 is 15.4 Å². The van der Waals surface area contributed by atoms with E-state index < -0.39 is 10.8 Å². The topological polar surface area (TPSA) is 112 Å². The predicted octanol–water partition coefficient (Wildman–Crippen LogP) is 0.823. The molecule has 20 heavy (non-hydrogen) atoms. The summed E-state index contributed by atoms with van der Waals surface area (Å²) in [6.07, 6.45) is 2.66. The van der Waals surface area contributed by atoms with Crippen LogP contribution in [0.15, 0.2) is 12.3 Å². The number of nitrogens with zero attached hydrogens (tertiary/aromatic N) is 3. The van der Waals surface area contributed by atoms with Crippen LogP contribution in [0, 0.1) is 10.1 Å². The van der Waals surface area contributed by atoms with Gasteiger partial charge in [-0.15, -0.1) is 0 Å². The zero-order chi connectivity index (χ0) is 14.7. The SMILES string of the molecule is COC1CCCN(C(=O)c2cc(N)ncc2[N+](=O)[O-])C1. The molecular formula is C12H16N4O4. The number of hydrogen-bond donors (Lipinski definition) is 1. The first-order valence-electron chi connectivity index (χ1n) is 6.25. The van der Waals surface area contributed by atoms with E-state index in [2.05, 4.69) is 4.98 Å². The number of hydrogen-bond acceptors (Lipinski definition) is 6. The molecule has 0 spiro atoms. The van der Waals surface area contributed by atoms with Crippen LogP contribution in [0.25, 0.3) is 0 Å². The van der Waals surface area contributed by atoms with Gasteiger partial charge >= 0.3 is 0 Å². The molecule has 2 rings (SSSR count). The Hall–Kier alpha value is -2.22. The van der Waals surface area contributed by atoms with Crippen molar-refractivity contribution in [2.45, 2.75) is 18.9 Å². The third-order valence-corrected chi connectivity index (χ3v) is 3.33. The third kappa shape index (κ3) is 2.85. The van der Waals surface area contributed by atoms with Crippen molar-refractivity contribution >= 4 is 17.4 Å². The number of rotatable bonds is 3. The predicted molar refractivity (Wildman–Crippen MR) is 71.2 cm³/mol. The number of nitrogen functional groups attached to an aromatic ring is 1. The molecule has 1 saturated heterocycles. The van der Waals surface area contributed by atoms with Crippen LogP contribution in [0.5, 0.6) is 0 Å². The summed E-state index contributed by atoms with van der Waals surface area (Å²) in [5.74, 6) is -0.327. The minimum absolute atomic E-state index is 0.0285. The van der Waals surface area contributed by atoms with Crippen molar-refractivity contribution in [2.24, 2.45) is 0 Å². The number of methoxy groups -OCH3 is 1. The van der Waals surface area contributed by atoms with Crippen molar-refractivity contribution in [1.29, 1.82) is 0 Å². The molecule has 2 heterocycles. The molecule has 8 nitrogen and oxygen atoms in total. The van der Waals surface area contributed by atoms with E-state index in [0.29, 0.717) is 13.1 Å². The van der Waals surface area contributed by atoms with Crippen LogP contribution in [-0.2, 0) is 4.74 Å². The molecule has 108 valence electrons. The molecule has 8 heteroatoms. The molecule has 0 radical (unpaired) electrons. The Balaban J connectivity index is 2.28. The van der Waals surface area contributed by atoms with Crippen LogP contribution in [0.4, 0.5) is 11.5 Å². The molecule has 0 aromatic carbocycles. The third-order valence-electron chi connectivity index (χ3n) is 3.33. The van der Waals surface area contributed by atoms with Gasteiger partial charge in [-0.1, -0.05) is 0 Å². The molecular weight excluding hydrogens is 264 g/mol. The standard InChI is InChI=1S/C12H16N4O4/c1-20-8-3-2-4-15(7-8)12(17)9-5-11(13)14-6-10(9)16(18)19/h5-6,8H,2-4,7H2,1H3,(H2,13,14). The highest BCUT2D eigenvalue weighted by Gasteiger charge is 2.29. The average Bonchev–Trinajstić information content (AvgIpc) is 2.46. The van der Waals surface area contributed by atoms with Gasteiger partial charge in [0.25, 0.3) is 11.6 Å². The normalized spacial score (nSPS) is 18.9. The number of anilines is 1. The number of ether oxygens (including phenoxy) is 1. The summed E-state index contributed by atoms with van der Waals surface area (Å²) >= 11 is 0. The van der Waals surface area contributed by atoms with Crippen molar-refractivity contribution in [3.63, 3.8) is 0 Å². The van der Waals surface area contributed by atoms with Gasteiger partial charge in [0.15, 0.2) is 0 Å². The van der Waals surface area contributed by atoms with Crippen LogP contribution in [0.2, 0.25) is 0 Å². The van der Waals surface area contributed by atoms with E-state index >= 15 is 0 Å². The second kappa shape index (κ2) is 5.83. The van der Waals surface area contributed by atoms with Gasteiger partial charge in [-0.2, -0.15) is 0 Å². The van der Waals surface area contributed by atoms with E-state index in [0.717, 1.165) is 19.0 Å². The maximum absolute atomic E-state index is 12.4. The molecule has 1 aromatic rings. The number of amides is 1. The summed E-state index contributed by atoms with van der Waals surface area (Å²) < 4.78 is 5.24. The number of carbonyl (C=O) groups excluding carboxylic acids is 1. The van der Waals surface area contributed by atoms with Crippen LogP contribution in [0.3, 0.4) is 0 Å². The second-order valence-electron chi connectivity index (χ2n) is 4.63. The van der Waals surface area contributed by atoms with Crippen molar-refractivity contribution in [1.82, 2.24) is 9.88 Å². The zero-order valence-corrected chi connectivity index (χ0v) is 11.1. The molecule has 2 N–H and O–H groups in total. The Bertz CT molecular complexity index is 534. The highest BCUT2D eigenvalue weighted by Crippen LogP contribution is 2.23. The Kier molecular flexibility index (Phi) is 4.14. The Labute approximate surface area is 115 Å². The summed E-state index contributed by atoms with van der Waals surface area (Å²) in [6, 6.07) is 1.25. The molecule has 1 fully saturated rings. The van der Waals surface area contributed by atoms with Gasteiger partial charge in [0, 0.05) is 20.2 Å². The van der Waals surface area contributed by atoms with E-state index in [1.165, 1.54) is 6.07 Å². The monoisotopic (exact) mass is 280 g/mol. The van der Waals surface area contributed by atoms with E-state index in [1.54, 1.807) is 12.0 Å². The molecule has 0 bridgehead atoms. The number of piperidine rings is 1. The van der Waals surface area contributed by atoms with E-state index in [-0.39, 0.29) is 23.2 Å². The van der Waals surface area contributed by atoms with E-state index in [1.807, 2.05) is 0 Å². The van der Waals surface area contributed by atoms with Crippen LogP contribution in [0.1, 0.15) is 23.2 Å². The zero-order valence-electron chi connectivity index (χ0n) is 11.1. The minimum atomic E-state index is -0.628. The maximum Gasteiger partial charge on any atom is 0.300 e. The summed E-state index contributed by atoms with van der Waals surface area (Å²) in [5.41, 5.74) is 5.16. The smallest absolute Gasteiger partial charge is 0.300 e. The number of pyridine rings is 1. The van der Waals surface area contributed by atoms with Gasteiger partial charge in [0.2, 0.25) is 0 Å². The molecule has 0 saturated carbocycles. The van der Waals surface area contributed by atoms with Crippen LogP contribution >= 0.6 is 0 Å². The summed E-state index contributed by atoms with van der Waals surface area (Å²) in [6.45, 7) is 0.979. The quantitative estimate of drug-likeness (QED) is 0.648. The van der Waals surface area contributed by atoms with Crippen molar-refractivity contribution < 1.29 is 14.5 Å². The number of likely N-dealkylation sites (tertiary alicyclic amines) is 1. The molecule has 1 aliphatic rings. The molecule has 1 unspecified atom stereocenters. The first-order valence-corrected chi connectivity index (χ1v) is 6.25. The molecule has 1 aliphatic heterocycles. The fraction of sp³-hybridized carbons (Fsp3) is 0.500. The van der Waals surface area contributed by atoms with Crippen LogP contribution < -0.4 is 5.73 Å². The van der Waals surface area contributed by atoms with Crippen molar-refractivity contribution in [3.05, 3.63) is 27.9 Å². The first kappa shape index (κ1) is 14.2. The molecule has 1 atom stereocenters. The Morgan fingerprint density at radius 1 is 1.65 bits per heavy atom. The van der Waals surface area contributed by atoms with Crippen molar-refractivity contribution in [2.75, 3.05) is 25.9 Å². The van der Waals surface area contributed by atoms with E-state index in [9.17, 15) is 14.9 Å². The minimum Gasteiger partial charge on any atom is -0.384 e. The van der Waals surface area contributed by atoms with Gasteiger partial charge in [0.05, 0.1) is 11.0 Å². The lowest BCUT2D eigenvalue weighted by atomic mass is 10.1. The van der Waals surface area contributed by atoms with Gasteiger partial charge in [0.1, 0.15) is 17.6 Å². The lowest BCUT2D eigenvalue weighted by molar-refractivity contribution is -0.385. The van der Waals surface area contributed by atoms with E-state index in [4.69, 9.17) is 10.5 Å². The second-order valence-corrected chi connectivity index (χ2v) is 4.63. The fourth-order valence-corrected chi connectivity index (χ4v) is 2.27. The highest BCUT2D eigenvalue weighted by atomic mass is 16.6. The van der Waals surface area contributed by atoms with Crippen molar-refractivity contribution in [3.8, 4) is 0 Å². The average molecular weight is 280 g/mol. The number of carbonyl (C=O) groups is 1. The van der Waals surface area contributed by atoms with Gasteiger partial charge in [-0.05, 0) is 18.9 Å².